The molecular weight excluding hydrogens is 446 g/mol. The fraction of sp³-hybridized carbons (Fsp3) is 0.200. The Morgan fingerprint density at radius 3 is 2.69 bits per heavy atom. The second-order valence-electron chi connectivity index (χ2n) is 7.66. The summed E-state index contributed by atoms with van der Waals surface area (Å²) in [5.41, 5.74) is 4.90. The second kappa shape index (κ2) is 7.89. The topological polar surface area (TPSA) is 21.3 Å². The molecule has 3 aromatic carbocycles. The normalized spacial score (nSPS) is 21.9. The molecule has 1 aliphatic carbocycles. The summed E-state index contributed by atoms with van der Waals surface area (Å²) in [6, 6.07) is 23.1. The molecular formula is C25H21BrClNO. The molecule has 146 valence electrons. The minimum atomic E-state index is 0.293. The lowest BCUT2D eigenvalue weighted by Crippen LogP contribution is -2.29. The first-order valence-corrected chi connectivity index (χ1v) is 11.0. The molecule has 0 bridgehead atoms. The van der Waals surface area contributed by atoms with Crippen molar-refractivity contribution in [1.29, 1.82) is 0 Å². The van der Waals surface area contributed by atoms with E-state index >= 15 is 0 Å². The fourth-order valence-electron chi connectivity index (χ4n) is 4.44. The highest BCUT2D eigenvalue weighted by Crippen LogP contribution is 2.50. The Morgan fingerprint density at radius 2 is 1.86 bits per heavy atom. The summed E-state index contributed by atoms with van der Waals surface area (Å²) in [4.78, 5) is 0. The van der Waals surface area contributed by atoms with Crippen LogP contribution < -0.4 is 10.1 Å². The van der Waals surface area contributed by atoms with E-state index < -0.39 is 0 Å². The van der Waals surface area contributed by atoms with E-state index in [-0.39, 0.29) is 0 Å². The zero-order valence-electron chi connectivity index (χ0n) is 15.8. The molecule has 2 nitrogen and oxygen atoms in total. The van der Waals surface area contributed by atoms with E-state index in [1.165, 1.54) is 16.8 Å². The number of nitrogens with one attached hydrogen (secondary N) is 1. The van der Waals surface area contributed by atoms with Crippen LogP contribution in [-0.4, -0.2) is 0 Å². The molecule has 3 atom stereocenters. The van der Waals surface area contributed by atoms with Crippen molar-refractivity contribution in [3.05, 3.63) is 105 Å². The first kappa shape index (κ1) is 18.8. The molecule has 0 spiro atoms. The van der Waals surface area contributed by atoms with Crippen molar-refractivity contribution in [1.82, 2.24) is 0 Å². The lowest BCUT2D eigenvalue weighted by atomic mass is 9.77. The number of hydrogen-bond donors (Lipinski definition) is 1. The van der Waals surface area contributed by atoms with Gasteiger partial charge < -0.3 is 10.1 Å². The SMILES string of the molecule is Clc1ccccc1COc1ccc([C@@H]2Nc3ccc(Br)cc3[C@@H]3C=CC[C@@H]32)cc1. The van der Waals surface area contributed by atoms with Crippen molar-refractivity contribution in [2.75, 3.05) is 5.32 Å². The highest BCUT2D eigenvalue weighted by molar-refractivity contribution is 9.10. The molecule has 3 aromatic rings. The minimum absolute atomic E-state index is 0.293. The van der Waals surface area contributed by atoms with Gasteiger partial charge in [0.2, 0.25) is 0 Å². The Labute approximate surface area is 184 Å². The summed E-state index contributed by atoms with van der Waals surface area (Å²) in [5.74, 6) is 1.85. The van der Waals surface area contributed by atoms with Crippen LogP contribution in [0.1, 0.15) is 35.1 Å². The summed E-state index contributed by atoms with van der Waals surface area (Å²) in [6.07, 6.45) is 5.78. The third kappa shape index (κ3) is 3.70. The summed E-state index contributed by atoms with van der Waals surface area (Å²) in [6.45, 7) is 0.470. The number of rotatable bonds is 4. The van der Waals surface area contributed by atoms with E-state index in [1.54, 1.807) is 0 Å². The standard InChI is InChI=1S/C25H21BrClNO/c26-18-10-13-24-22(14-18)20-5-3-6-21(20)25(28-24)16-8-11-19(12-9-16)29-15-17-4-1-2-7-23(17)27/h1-5,7-14,20-21,25,28H,6,15H2/t20-,21+,25+/m1/s1. The van der Waals surface area contributed by atoms with Crippen LogP contribution in [0, 0.1) is 5.92 Å². The minimum Gasteiger partial charge on any atom is -0.489 e. The Hall–Kier alpha value is -2.23. The number of allylic oxidation sites excluding steroid dienone is 2. The average molecular weight is 467 g/mol. The van der Waals surface area contributed by atoms with Gasteiger partial charge in [0, 0.05) is 26.7 Å². The van der Waals surface area contributed by atoms with Gasteiger partial charge in [-0.1, -0.05) is 70.0 Å². The molecule has 4 heteroatoms. The van der Waals surface area contributed by atoms with Gasteiger partial charge in [0.15, 0.2) is 0 Å². The maximum absolute atomic E-state index is 6.22. The van der Waals surface area contributed by atoms with E-state index in [9.17, 15) is 0 Å². The number of ether oxygens (including phenoxy) is 1. The van der Waals surface area contributed by atoms with Gasteiger partial charge in [0.25, 0.3) is 0 Å². The number of anilines is 1. The van der Waals surface area contributed by atoms with Crippen LogP contribution in [0.3, 0.4) is 0 Å². The van der Waals surface area contributed by atoms with Crippen LogP contribution in [0.2, 0.25) is 5.02 Å². The van der Waals surface area contributed by atoms with Crippen molar-refractivity contribution in [3.8, 4) is 5.75 Å². The van der Waals surface area contributed by atoms with Crippen LogP contribution >= 0.6 is 27.5 Å². The van der Waals surface area contributed by atoms with Gasteiger partial charge in [0.1, 0.15) is 12.4 Å². The second-order valence-corrected chi connectivity index (χ2v) is 8.98. The van der Waals surface area contributed by atoms with E-state index in [4.69, 9.17) is 16.3 Å². The van der Waals surface area contributed by atoms with Gasteiger partial charge in [-0.05, 0) is 59.9 Å². The number of fused-ring (bicyclic) bond motifs is 3. The van der Waals surface area contributed by atoms with Gasteiger partial charge in [-0.15, -0.1) is 0 Å². The number of benzene rings is 3. The summed E-state index contributed by atoms with van der Waals surface area (Å²) in [5, 5.41) is 4.51. The van der Waals surface area contributed by atoms with E-state index in [0.717, 1.165) is 27.2 Å². The predicted octanol–water partition coefficient (Wildman–Crippen LogP) is 7.51. The maximum Gasteiger partial charge on any atom is 0.119 e. The molecule has 5 rings (SSSR count). The quantitative estimate of drug-likeness (QED) is 0.402. The third-order valence-corrected chi connectivity index (χ3v) is 6.78. The van der Waals surface area contributed by atoms with Crippen LogP contribution in [0.4, 0.5) is 5.69 Å². The summed E-state index contributed by atoms with van der Waals surface area (Å²) < 4.78 is 7.08. The van der Waals surface area contributed by atoms with Crippen LogP contribution in [-0.2, 0) is 6.61 Å². The lowest BCUT2D eigenvalue weighted by Gasteiger charge is -2.37. The van der Waals surface area contributed by atoms with E-state index in [1.807, 2.05) is 24.3 Å². The van der Waals surface area contributed by atoms with Gasteiger partial charge in [0.05, 0.1) is 6.04 Å². The molecule has 29 heavy (non-hydrogen) atoms. The van der Waals surface area contributed by atoms with Crippen LogP contribution in [0.5, 0.6) is 5.75 Å². The van der Waals surface area contributed by atoms with Gasteiger partial charge in [-0.3, -0.25) is 0 Å². The molecule has 0 aromatic heterocycles. The average Bonchev–Trinajstić information content (AvgIpc) is 3.23. The molecule has 1 aliphatic heterocycles. The first-order valence-electron chi connectivity index (χ1n) is 9.88. The predicted molar refractivity (Wildman–Crippen MR) is 123 cm³/mol. The maximum atomic E-state index is 6.22. The third-order valence-electron chi connectivity index (χ3n) is 5.92. The first-order chi connectivity index (χ1) is 14.2. The largest absolute Gasteiger partial charge is 0.489 e. The van der Waals surface area contributed by atoms with Crippen molar-refractivity contribution in [2.45, 2.75) is 25.0 Å². The molecule has 0 saturated heterocycles. The fourth-order valence-corrected chi connectivity index (χ4v) is 5.01. The van der Waals surface area contributed by atoms with Crippen molar-refractivity contribution in [3.63, 3.8) is 0 Å². The van der Waals surface area contributed by atoms with Crippen LogP contribution in [0.25, 0.3) is 0 Å². The number of halogens is 2. The van der Waals surface area contributed by atoms with Crippen molar-refractivity contribution >= 4 is 33.2 Å². The summed E-state index contributed by atoms with van der Waals surface area (Å²) in [7, 11) is 0. The van der Waals surface area contributed by atoms with Crippen molar-refractivity contribution in [2.24, 2.45) is 5.92 Å². The van der Waals surface area contributed by atoms with E-state index in [0.29, 0.717) is 24.5 Å². The number of hydrogen-bond acceptors (Lipinski definition) is 2. The Bertz CT molecular complexity index is 1060. The summed E-state index contributed by atoms with van der Waals surface area (Å²) >= 11 is 9.84. The monoisotopic (exact) mass is 465 g/mol. The molecule has 1 N–H and O–H groups in total. The molecule has 0 unspecified atom stereocenters. The van der Waals surface area contributed by atoms with Crippen LogP contribution in [0.15, 0.2) is 83.4 Å². The van der Waals surface area contributed by atoms with Crippen molar-refractivity contribution < 1.29 is 4.74 Å². The molecule has 1 heterocycles. The van der Waals surface area contributed by atoms with Gasteiger partial charge in [-0.2, -0.15) is 0 Å². The van der Waals surface area contributed by atoms with Gasteiger partial charge in [-0.25, -0.2) is 0 Å². The Kier molecular flexibility index (Phi) is 5.11. The van der Waals surface area contributed by atoms with Gasteiger partial charge >= 0.3 is 0 Å². The molecule has 2 aliphatic rings. The molecule has 0 radical (unpaired) electrons. The molecule has 0 fully saturated rings. The molecule has 0 saturated carbocycles. The highest BCUT2D eigenvalue weighted by Gasteiger charge is 2.37. The molecule has 0 amide bonds. The Morgan fingerprint density at radius 1 is 1.03 bits per heavy atom. The highest BCUT2D eigenvalue weighted by atomic mass is 79.9. The Balaban J connectivity index is 1.35. The smallest absolute Gasteiger partial charge is 0.119 e. The lowest BCUT2D eigenvalue weighted by molar-refractivity contribution is 0.306. The zero-order valence-corrected chi connectivity index (χ0v) is 18.2. The zero-order chi connectivity index (χ0) is 19.8. The van der Waals surface area contributed by atoms with E-state index in [2.05, 4.69) is 75.9 Å².